The van der Waals surface area contributed by atoms with Gasteiger partial charge in [-0.2, -0.15) is 0 Å². The van der Waals surface area contributed by atoms with Gasteiger partial charge in [-0.1, -0.05) is 30.9 Å². The number of halogens is 1. The van der Waals surface area contributed by atoms with Crippen LogP contribution in [0.3, 0.4) is 0 Å². The van der Waals surface area contributed by atoms with E-state index in [2.05, 4.69) is 0 Å². The summed E-state index contributed by atoms with van der Waals surface area (Å²) in [5, 5.41) is 0. The van der Waals surface area contributed by atoms with E-state index in [-0.39, 0.29) is 5.78 Å². The summed E-state index contributed by atoms with van der Waals surface area (Å²) in [4.78, 5) is 12.6. The molecule has 2 rings (SSSR count). The third kappa shape index (κ3) is 2.01. The van der Waals surface area contributed by atoms with Gasteiger partial charge in [0.15, 0.2) is 5.78 Å². The van der Waals surface area contributed by atoms with E-state index in [9.17, 15) is 4.79 Å². The lowest BCUT2D eigenvalue weighted by Crippen LogP contribution is -2.15. The first-order valence-electron chi connectivity index (χ1n) is 4.96. The molecular weight excluding hydrogens is 216 g/mol. The summed E-state index contributed by atoms with van der Waals surface area (Å²) in [6, 6.07) is 1.91. The zero-order chi connectivity index (χ0) is 10.1. The molecule has 0 amide bonds. The molecule has 1 aliphatic rings. The minimum Gasteiger partial charge on any atom is -0.293 e. The second-order valence-electron chi connectivity index (χ2n) is 3.99. The van der Waals surface area contributed by atoms with Crippen molar-refractivity contribution in [3.63, 3.8) is 0 Å². The molecule has 0 radical (unpaired) electrons. The van der Waals surface area contributed by atoms with Gasteiger partial charge < -0.3 is 0 Å². The Hall–Kier alpha value is -0.340. The Balaban J connectivity index is 2.02. The molecule has 1 saturated carbocycles. The molecule has 0 aromatic carbocycles. The lowest BCUT2D eigenvalue weighted by molar-refractivity contribution is 0.0940. The average Bonchev–Trinajstić information content (AvgIpc) is 2.40. The lowest BCUT2D eigenvalue weighted by atomic mass is 9.82. The molecule has 1 aromatic rings. The van der Waals surface area contributed by atoms with Crippen molar-refractivity contribution < 1.29 is 4.79 Å². The van der Waals surface area contributed by atoms with Gasteiger partial charge in [-0.15, -0.1) is 11.3 Å². The fourth-order valence-corrected chi connectivity index (χ4v) is 2.81. The Morgan fingerprint density at radius 1 is 1.64 bits per heavy atom. The van der Waals surface area contributed by atoms with Crippen molar-refractivity contribution in [2.24, 2.45) is 5.92 Å². The second kappa shape index (κ2) is 4.03. The molecular formula is C11H13ClOS. The van der Waals surface area contributed by atoms with Crippen molar-refractivity contribution >= 4 is 28.7 Å². The fraction of sp³-hybridized carbons (Fsp3) is 0.545. The number of Topliss-reactive ketones (excluding diaryl/α,β-unsaturated/α-hetero) is 1. The molecule has 0 aliphatic heterocycles. The van der Waals surface area contributed by atoms with Gasteiger partial charge in [-0.3, -0.25) is 4.79 Å². The summed E-state index contributed by atoms with van der Waals surface area (Å²) in [6.07, 6.45) is 4.46. The van der Waals surface area contributed by atoms with Gasteiger partial charge in [0, 0.05) is 6.42 Å². The van der Waals surface area contributed by atoms with Gasteiger partial charge in [0.25, 0.3) is 0 Å². The average molecular weight is 229 g/mol. The van der Waals surface area contributed by atoms with Crippen LogP contribution in [0.25, 0.3) is 0 Å². The zero-order valence-electron chi connectivity index (χ0n) is 8.18. The SMILES string of the molecule is Cc1cc(C(=O)CC2CCC2)sc1Cl. The van der Waals surface area contributed by atoms with Crippen LogP contribution in [-0.4, -0.2) is 5.78 Å². The molecule has 0 N–H and O–H groups in total. The Kier molecular flexibility index (Phi) is 2.93. The Labute approximate surface area is 93.1 Å². The minimum absolute atomic E-state index is 0.273. The van der Waals surface area contributed by atoms with Gasteiger partial charge in [0.1, 0.15) is 0 Å². The Morgan fingerprint density at radius 2 is 2.36 bits per heavy atom. The maximum atomic E-state index is 11.8. The topological polar surface area (TPSA) is 17.1 Å². The molecule has 1 aliphatic carbocycles. The van der Waals surface area contributed by atoms with Crippen LogP contribution in [-0.2, 0) is 0 Å². The van der Waals surface area contributed by atoms with Gasteiger partial charge in [-0.05, 0) is 24.5 Å². The van der Waals surface area contributed by atoms with Crippen LogP contribution in [0.2, 0.25) is 4.34 Å². The van der Waals surface area contributed by atoms with E-state index in [4.69, 9.17) is 11.6 Å². The van der Waals surface area contributed by atoms with E-state index in [1.807, 2.05) is 13.0 Å². The number of thiophene rings is 1. The van der Waals surface area contributed by atoms with Crippen molar-refractivity contribution in [2.75, 3.05) is 0 Å². The van der Waals surface area contributed by atoms with Crippen molar-refractivity contribution in [3.8, 4) is 0 Å². The predicted molar refractivity (Wildman–Crippen MR) is 60.4 cm³/mol. The fourth-order valence-electron chi connectivity index (χ4n) is 1.66. The van der Waals surface area contributed by atoms with E-state index in [0.717, 1.165) is 21.2 Å². The highest BCUT2D eigenvalue weighted by atomic mass is 35.5. The maximum Gasteiger partial charge on any atom is 0.173 e. The van der Waals surface area contributed by atoms with Crippen LogP contribution in [0.1, 0.15) is 40.9 Å². The maximum absolute atomic E-state index is 11.8. The number of hydrogen-bond donors (Lipinski definition) is 0. The molecule has 14 heavy (non-hydrogen) atoms. The molecule has 76 valence electrons. The summed E-state index contributed by atoms with van der Waals surface area (Å²) in [7, 11) is 0. The van der Waals surface area contributed by atoms with Crippen LogP contribution < -0.4 is 0 Å². The molecule has 0 spiro atoms. The summed E-state index contributed by atoms with van der Waals surface area (Å²) in [6.45, 7) is 1.94. The van der Waals surface area contributed by atoms with E-state index in [0.29, 0.717) is 5.92 Å². The molecule has 1 heterocycles. The van der Waals surface area contributed by atoms with Gasteiger partial charge >= 0.3 is 0 Å². The summed E-state index contributed by atoms with van der Waals surface area (Å²) in [5.41, 5.74) is 1.02. The highest BCUT2D eigenvalue weighted by molar-refractivity contribution is 7.18. The molecule has 0 unspecified atom stereocenters. The third-order valence-corrected chi connectivity index (χ3v) is 4.43. The number of carbonyl (C=O) groups excluding carboxylic acids is 1. The summed E-state index contributed by atoms with van der Waals surface area (Å²) >= 11 is 7.34. The van der Waals surface area contributed by atoms with E-state index < -0.39 is 0 Å². The van der Waals surface area contributed by atoms with Gasteiger partial charge in [-0.25, -0.2) is 0 Å². The lowest BCUT2D eigenvalue weighted by Gasteiger charge is -2.23. The van der Waals surface area contributed by atoms with Crippen LogP contribution in [0.4, 0.5) is 0 Å². The molecule has 1 fully saturated rings. The monoisotopic (exact) mass is 228 g/mol. The standard InChI is InChI=1S/C11H13ClOS/c1-7-5-10(14-11(7)12)9(13)6-8-3-2-4-8/h5,8H,2-4,6H2,1H3. The molecule has 0 bridgehead atoms. The van der Waals surface area contributed by atoms with Gasteiger partial charge in [0.05, 0.1) is 9.21 Å². The highest BCUT2D eigenvalue weighted by Crippen LogP contribution is 2.33. The van der Waals surface area contributed by atoms with E-state index in [1.165, 1.54) is 30.6 Å². The van der Waals surface area contributed by atoms with Crippen LogP contribution in [0.5, 0.6) is 0 Å². The van der Waals surface area contributed by atoms with Crippen LogP contribution >= 0.6 is 22.9 Å². The van der Waals surface area contributed by atoms with Crippen LogP contribution in [0, 0.1) is 12.8 Å². The van der Waals surface area contributed by atoms with Crippen molar-refractivity contribution in [3.05, 3.63) is 20.8 Å². The largest absolute Gasteiger partial charge is 0.293 e. The highest BCUT2D eigenvalue weighted by Gasteiger charge is 2.22. The molecule has 1 nitrogen and oxygen atoms in total. The normalized spacial score (nSPS) is 16.7. The molecule has 1 aromatic heterocycles. The van der Waals surface area contributed by atoms with E-state index in [1.54, 1.807) is 0 Å². The van der Waals surface area contributed by atoms with E-state index >= 15 is 0 Å². The van der Waals surface area contributed by atoms with Gasteiger partial charge in [0.2, 0.25) is 0 Å². The number of ketones is 1. The first-order chi connectivity index (χ1) is 6.66. The summed E-state index contributed by atoms with van der Waals surface area (Å²) in [5.74, 6) is 0.915. The quantitative estimate of drug-likeness (QED) is 0.713. The molecule has 3 heteroatoms. The number of aryl methyl sites for hydroxylation is 1. The molecule has 0 atom stereocenters. The minimum atomic E-state index is 0.273. The molecule has 0 saturated heterocycles. The smallest absolute Gasteiger partial charge is 0.173 e. The zero-order valence-corrected chi connectivity index (χ0v) is 9.75. The summed E-state index contributed by atoms with van der Waals surface area (Å²) < 4.78 is 0.752. The van der Waals surface area contributed by atoms with Crippen molar-refractivity contribution in [2.45, 2.75) is 32.6 Å². The van der Waals surface area contributed by atoms with Crippen molar-refractivity contribution in [1.82, 2.24) is 0 Å². The Bertz CT molecular complexity index is 333. The third-order valence-electron chi connectivity index (χ3n) is 2.83. The van der Waals surface area contributed by atoms with Crippen LogP contribution in [0.15, 0.2) is 6.07 Å². The Morgan fingerprint density at radius 3 is 2.79 bits per heavy atom. The second-order valence-corrected chi connectivity index (χ2v) is 5.65. The number of carbonyl (C=O) groups is 1. The predicted octanol–water partition coefficient (Wildman–Crippen LogP) is 4.08. The number of rotatable bonds is 3. The number of hydrogen-bond acceptors (Lipinski definition) is 2. The first kappa shape index (κ1) is 10.2. The van der Waals surface area contributed by atoms with Crippen molar-refractivity contribution in [1.29, 1.82) is 0 Å². The first-order valence-corrected chi connectivity index (χ1v) is 6.15.